The van der Waals surface area contributed by atoms with Crippen LogP contribution < -0.4 is 4.74 Å². The van der Waals surface area contributed by atoms with Gasteiger partial charge in [0.15, 0.2) is 17.3 Å². The molecule has 0 fully saturated rings. The summed E-state index contributed by atoms with van der Waals surface area (Å²) in [5.74, 6) is -0.0902. The molecule has 0 spiro atoms. The van der Waals surface area contributed by atoms with E-state index in [-0.39, 0.29) is 11.5 Å². The number of ether oxygens (including phenoxy) is 1. The predicted octanol–water partition coefficient (Wildman–Crippen LogP) is 1.96. The fourth-order valence-corrected chi connectivity index (χ4v) is 1.70. The third-order valence-electron chi connectivity index (χ3n) is 2.32. The first-order valence-corrected chi connectivity index (χ1v) is 4.12. The third kappa shape index (κ3) is 1.11. The summed E-state index contributed by atoms with van der Waals surface area (Å²) in [7, 11) is 1.42. The van der Waals surface area contributed by atoms with E-state index in [1.165, 1.54) is 19.2 Å². The van der Waals surface area contributed by atoms with Crippen molar-refractivity contribution in [3.63, 3.8) is 0 Å². The van der Waals surface area contributed by atoms with Crippen molar-refractivity contribution < 1.29 is 13.9 Å². The lowest BCUT2D eigenvalue weighted by Gasteiger charge is -2.06. The number of methoxy groups -OCH3 is 1. The van der Waals surface area contributed by atoms with Gasteiger partial charge in [0.25, 0.3) is 0 Å². The molecule has 1 aliphatic carbocycles. The second kappa shape index (κ2) is 2.83. The normalized spacial score (nSPS) is 14.5. The monoisotopic (exact) mass is 180 g/mol. The molecular weight excluding hydrogens is 171 g/mol. The molecule has 2 nitrogen and oxygen atoms in total. The molecule has 1 aromatic carbocycles. The molecule has 0 bridgehead atoms. The molecule has 1 aromatic rings. The molecule has 0 saturated heterocycles. The van der Waals surface area contributed by atoms with E-state index in [9.17, 15) is 9.18 Å². The van der Waals surface area contributed by atoms with Gasteiger partial charge in [-0.05, 0) is 18.6 Å². The molecule has 0 heterocycles. The van der Waals surface area contributed by atoms with Gasteiger partial charge in [0.1, 0.15) is 0 Å². The average Bonchev–Trinajstić information content (AvgIpc) is 2.48. The molecule has 3 heteroatoms. The maximum absolute atomic E-state index is 13.1. The van der Waals surface area contributed by atoms with E-state index in [1.807, 2.05) is 0 Å². The van der Waals surface area contributed by atoms with Gasteiger partial charge in [-0.3, -0.25) is 4.79 Å². The minimum absolute atomic E-state index is 0.0771. The van der Waals surface area contributed by atoms with Crippen LogP contribution in [0.2, 0.25) is 0 Å². The van der Waals surface area contributed by atoms with Gasteiger partial charge >= 0.3 is 0 Å². The van der Waals surface area contributed by atoms with E-state index in [4.69, 9.17) is 4.74 Å². The summed E-state index contributed by atoms with van der Waals surface area (Å²) in [4.78, 5) is 11.3. The van der Waals surface area contributed by atoms with Crippen LogP contribution in [0.15, 0.2) is 12.1 Å². The van der Waals surface area contributed by atoms with Crippen LogP contribution in [0.1, 0.15) is 22.3 Å². The molecule has 0 N–H and O–H groups in total. The first-order chi connectivity index (χ1) is 6.24. The average molecular weight is 180 g/mol. The predicted molar refractivity (Wildman–Crippen MR) is 45.6 cm³/mol. The van der Waals surface area contributed by atoms with Gasteiger partial charge in [-0.25, -0.2) is 4.39 Å². The Morgan fingerprint density at radius 3 is 2.85 bits per heavy atom. The quantitative estimate of drug-likeness (QED) is 0.660. The Hall–Kier alpha value is -1.38. The fourth-order valence-electron chi connectivity index (χ4n) is 1.70. The molecule has 1 aliphatic rings. The minimum Gasteiger partial charge on any atom is -0.493 e. The maximum Gasteiger partial charge on any atom is 0.165 e. The minimum atomic E-state index is -0.393. The Bertz CT molecular complexity index is 371. The number of Topliss-reactive ketones (excluding diaryl/α,β-unsaturated/α-hetero) is 1. The first-order valence-electron chi connectivity index (χ1n) is 4.12. The number of carbonyl (C=O) groups excluding carboxylic acids is 1. The summed E-state index contributed by atoms with van der Waals surface area (Å²) in [6.07, 6.45) is 1.06. The van der Waals surface area contributed by atoms with Gasteiger partial charge in [-0.2, -0.15) is 0 Å². The lowest BCUT2D eigenvalue weighted by Crippen LogP contribution is -1.96. The standard InChI is InChI=1S/C10H9FO2/c1-13-10-7-3-5-9(12)6(7)2-4-8(10)11/h2,4H,3,5H2,1H3. The van der Waals surface area contributed by atoms with Crippen molar-refractivity contribution in [2.75, 3.05) is 7.11 Å². The van der Waals surface area contributed by atoms with Gasteiger partial charge in [-0.15, -0.1) is 0 Å². The highest BCUT2D eigenvalue weighted by molar-refractivity contribution is 6.01. The Kier molecular flexibility index (Phi) is 1.79. The molecular formula is C10H9FO2. The number of hydrogen-bond donors (Lipinski definition) is 0. The fraction of sp³-hybridized carbons (Fsp3) is 0.300. The van der Waals surface area contributed by atoms with Crippen molar-refractivity contribution in [1.29, 1.82) is 0 Å². The number of benzene rings is 1. The maximum atomic E-state index is 13.1. The van der Waals surface area contributed by atoms with Gasteiger partial charge < -0.3 is 4.74 Å². The highest BCUT2D eigenvalue weighted by atomic mass is 19.1. The third-order valence-corrected chi connectivity index (χ3v) is 2.32. The summed E-state index contributed by atoms with van der Waals surface area (Å²) in [5, 5.41) is 0. The summed E-state index contributed by atoms with van der Waals surface area (Å²) in [5.41, 5.74) is 1.32. The van der Waals surface area contributed by atoms with E-state index in [1.54, 1.807) is 0 Å². The highest BCUT2D eigenvalue weighted by Gasteiger charge is 2.24. The zero-order chi connectivity index (χ0) is 9.42. The van der Waals surface area contributed by atoms with Crippen molar-refractivity contribution in [3.05, 3.63) is 29.1 Å². The first kappa shape index (κ1) is 8.23. The van der Waals surface area contributed by atoms with Gasteiger partial charge in [0.2, 0.25) is 0 Å². The zero-order valence-corrected chi connectivity index (χ0v) is 7.26. The van der Waals surface area contributed by atoms with Gasteiger partial charge in [-0.1, -0.05) is 0 Å². The van der Waals surface area contributed by atoms with Crippen LogP contribution in [0.3, 0.4) is 0 Å². The van der Waals surface area contributed by atoms with Crippen molar-refractivity contribution in [2.45, 2.75) is 12.8 Å². The molecule has 0 atom stereocenters. The van der Waals surface area contributed by atoms with Crippen molar-refractivity contribution >= 4 is 5.78 Å². The molecule has 0 radical (unpaired) electrons. The summed E-state index contributed by atoms with van der Waals surface area (Å²) < 4.78 is 18.0. The van der Waals surface area contributed by atoms with E-state index in [0.29, 0.717) is 24.0 Å². The summed E-state index contributed by atoms with van der Waals surface area (Å²) in [6, 6.07) is 2.81. The van der Waals surface area contributed by atoms with Crippen molar-refractivity contribution in [3.8, 4) is 5.75 Å². The lowest BCUT2D eigenvalue weighted by atomic mass is 10.1. The van der Waals surface area contributed by atoms with Crippen molar-refractivity contribution in [2.24, 2.45) is 0 Å². The molecule has 13 heavy (non-hydrogen) atoms. The Labute approximate surface area is 75.3 Å². The molecule has 0 amide bonds. The molecule has 0 saturated carbocycles. The SMILES string of the molecule is COc1c(F)ccc2c1CCC2=O. The number of carbonyl (C=O) groups is 1. The van der Waals surface area contributed by atoms with Crippen molar-refractivity contribution in [1.82, 2.24) is 0 Å². The van der Waals surface area contributed by atoms with Crippen LogP contribution >= 0.6 is 0 Å². The Morgan fingerprint density at radius 2 is 2.15 bits per heavy atom. The molecule has 68 valence electrons. The second-order valence-corrected chi connectivity index (χ2v) is 3.03. The van der Waals surface area contributed by atoms with E-state index in [0.717, 1.165) is 0 Å². The number of rotatable bonds is 1. The number of halogens is 1. The highest BCUT2D eigenvalue weighted by Crippen LogP contribution is 2.32. The van der Waals surface area contributed by atoms with Crippen LogP contribution in [-0.4, -0.2) is 12.9 Å². The van der Waals surface area contributed by atoms with Crippen LogP contribution in [0, 0.1) is 5.82 Å². The Balaban J connectivity index is 2.64. The number of ketones is 1. The Morgan fingerprint density at radius 1 is 1.38 bits per heavy atom. The molecule has 2 rings (SSSR count). The largest absolute Gasteiger partial charge is 0.493 e. The van der Waals surface area contributed by atoms with Gasteiger partial charge in [0.05, 0.1) is 7.11 Å². The lowest BCUT2D eigenvalue weighted by molar-refractivity contribution is 0.0994. The van der Waals surface area contributed by atoms with E-state index < -0.39 is 5.82 Å². The van der Waals surface area contributed by atoms with Crippen LogP contribution in [-0.2, 0) is 6.42 Å². The number of fused-ring (bicyclic) bond motifs is 1. The number of hydrogen-bond acceptors (Lipinski definition) is 2. The van der Waals surface area contributed by atoms with E-state index >= 15 is 0 Å². The van der Waals surface area contributed by atoms with Gasteiger partial charge in [0, 0.05) is 17.5 Å². The molecule has 0 aliphatic heterocycles. The smallest absolute Gasteiger partial charge is 0.165 e. The van der Waals surface area contributed by atoms with Crippen LogP contribution in [0.25, 0.3) is 0 Å². The topological polar surface area (TPSA) is 26.3 Å². The summed E-state index contributed by atoms with van der Waals surface area (Å²) in [6.45, 7) is 0. The van der Waals surface area contributed by atoms with Crippen LogP contribution in [0.5, 0.6) is 5.75 Å². The van der Waals surface area contributed by atoms with E-state index in [2.05, 4.69) is 0 Å². The summed E-state index contributed by atoms with van der Waals surface area (Å²) >= 11 is 0. The molecule has 0 unspecified atom stereocenters. The zero-order valence-electron chi connectivity index (χ0n) is 7.26. The second-order valence-electron chi connectivity index (χ2n) is 3.03. The molecule has 0 aromatic heterocycles. The van der Waals surface area contributed by atoms with Crippen LogP contribution in [0.4, 0.5) is 4.39 Å².